The van der Waals surface area contributed by atoms with Crippen molar-refractivity contribution < 1.29 is 27.5 Å². The molecule has 2 unspecified atom stereocenters. The molecule has 4 atom stereocenters. The highest BCUT2D eigenvalue weighted by molar-refractivity contribution is 7.92. The maximum absolute atomic E-state index is 13.0. The number of nitrogens with zero attached hydrogens (tertiary/aromatic N) is 1. The average molecular weight is 440 g/mol. The molecule has 9 heteroatoms. The molecule has 2 saturated heterocycles. The van der Waals surface area contributed by atoms with Crippen LogP contribution >= 0.6 is 0 Å². The van der Waals surface area contributed by atoms with Crippen LogP contribution in [0.1, 0.15) is 6.92 Å². The van der Waals surface area contributed by atoms with Crippen molar-refractivity contribution >= 4 is 33.2 Å². The maximum Gasteiger partial charge on any atom is 0.261 e. The van der Waals surface area contributed by atoms with E-state index in [2.05, 4.69) is 4.72 Å². The Morgan fingerprint density at radius 2 is 1.71 bits per heavy atom. The van der Waals surface area contributed by atoms with Crippen molar-refractivity contribution in [1.82, 2.24) is 0 Å². The predicted octanol–water partition coefficient (Wildman–Crippen LogP) is 2.33. The zero-order valence-electron chi connectivity index (χ0n) is 16.8. The Balaban J connectivity index is 1.38. The lowest BCUT2D eigenvalue weighted by Crippen LogP contribution is -2.38. The van der Waals surface area contributed by atoms with Gasteiger partial charge in [-0.3, -0.25) is 14.3 Å². The van der Waals surface area contributed by atoms with E-state index in [4.69, 9.17) is 9.47 Å². The van der Waals surface area contributed by atoms with E-state index in [9.17, 15) is 18.0 Å². The van der Waals surface area contributed by atoms with E-state index < -0.39 is 33.6 Å². The summed E-state index contributed by atoms with van der Waals surface area (Å²) in [5.41, 5.74) is -0.0443. The van der Waals surface area contributed by atoms with Gasteiger partial charge in [-0.1, -0.05) is 12.2 Å². The second-order valence-corrected chi connectivity index (χ2v) is 9.65. The number of anilines is 2. The highest BCUT2D eigenvalue weighted by atomic mass is 32.2. The highest BCUT2D eigenvalue weighted by Gasteiger charge is 2.66. The number of carbonyl (C=O) groups is 2. The standard InChI is InChI=1S/C22H20N2O6S/c1-22-12-11-17(30-22)18-19(22)21(26)24(20(18)25)14-5-9-16(10-6-14)31(27,28)23-13-3-7-15(29-2)8-4-13/h3-12,17-19,23H,1-2H3/t17-,18?,19?,22-/m1/s1. The van der Waals surface area contributed by atoms with E-state index in [1.165, 1.54) is 31.4 Å². The van der Waals surface area contributed by atoms with E-state index in [0.717, 1.165) is 4.90 Å². The minimum atomic E-state index is -3.84. The van der Waals surface area contributed by atoms with Crippen LogP contribution in [0.5, 0.6) is 5.75 Å². The molecule has 0 aromatic heterocycles. The van der Waals surface area contributed by atoms with Crippen molar-refractivity contribution in [2.45, 2.75) is 23.5 Å². The average Bonchev–Trinajstić information content (AvgIpc) is 3.36. The van der Waals surface area contributed by atoms with Gasteiger partial charge in [0.2, 0.25) is 11.8 Å². The fourth-order valence-electron chi connectivity index (χ4n) is 4.55. The molecule has 2 aromatic carbocycles. The number of ether oxygens (including phenoxy) is 2. The zero-order chi connectivity index (χ0) is 22.0. The smallest absolute Gasteiger partial charge is 0.261 e. The molecule has 31 heavy (non-hydrogen) atoms. The zero-order valence-corrected chi connectivity index (χ0v) is 17.6. The van der Waals surface area contributed by atoms with Gasteiger partial charge in [-0.2, -0.15) is 0 Å². The molecule has 8 nitrogen and oxygen atoms in total. The number of hydrogen-bond donors (Lipinski definition) is 1. The number of methoxy groups -OCH3 is 1. The molecule has 3 heterocycles. The lowest BCUT2D eigenvalue weighted by atomic mass is 9.78. The number of imide groups is 1. The number of carbonyl (C=O) groups excluding carboxylic acids is 2. The Labute approximate surface area is 179 Å². The lowest BCUT2D eigenvalue weighted by molar-refractivity contribution is -0.126. The Bertz CT molecular complexity index is 1210. The summed E-state index contributed by atoms with van der Waals surface area (Å²) >= 11 is 0. The van der Waals surface area contributed by atoms with Crippen molar-refractivity contribution in [2.24, 2.45) is 11.8 Å². The highest BCUT2D eigenvalue weighted by Crippen LogP contribution is 2.52. The molecule has 3 aliphatic rings. The topological polar surface area (TPSA) is 102 Å². The Hall–Kier alpha value is -3.17. The van der Waals surface area contributed by atoms with Crippen molar-refractivity contribution in [2.75, 3.05) is 16.7 Å². The summed E-state index contributed by atoms with van der Waals surface area (Å²) in [5, 5.41) is 0. The Morgan fingerprint density at radius 1 is 1.03 bits per heavy atom. The second-order valence-electron chi connectivity index (χ2n) is 7.97. The van der Waals surface area contributed by atoms with Crippen molar-refractivity contribution in [3.63, 3.8) is 0 Å². The third-order valence-corrected chi connectivity index (χ3v) is 7.47. The van der Waals surface area contributed by atoms with Gasteiger partial charge in [-0.25, -0.2) is 13.3 Å². The first kappa shape index (κ1) is 19.8. The number of rotatable bonds is 5. The van der Waals surface area contributed by atoms with Gasteiger partial charge in [0.05, 0.1) is 41.2 Å². The maximum atomic E-state index is 13.0. The van der Waals surface area contributed by atoms with Crippen LogP contribution in [0.3, 0.4) is 0 Å². The van der Waals surface area contributed by atoms with Gasteiger partial charge in [-0.05, 0) is 55.5 Å². The van der Waals surface area contributed by atoms with Crippen LogP contribution in [0.15, 0.2) is 65.6 Å². The summed E-state index contributed by atoms with van der Waals surface area (Å²) in [4.78, 5) is 27.1. The molecule has 2 bridgehead atoms. The monoisotopic (exact) mass is 440 g/mol. The summed E-state index contributed by atoms with van der Waals surface area (Å²) in [6, 6.07) is 12.2. The first-order valence-electron chi connectivity index (χ1n) is 9.75. The second kappa shape index (κ2) is 6.66. The first-order valence-corrected chi connectivity index (χ1v) is 11.2. The molecule has 5 rings (SSSR count). The van der Waals surface area contributed by atoms with Crippen LogP contribution in [-0.2, 0) is 24.3 Å². The number of fused-ring (bicyclic) bond motifs is 5. The fourth-order valence-corrected chi connectivity index (χ4v) is 5.61. The van der Waals surface area contributed by atoms with Gasteiger partial charge < -0.3 is 9.47 Å². The Kier molecular flexibility index (Phi) is 4.25. The molecule has 0 radical (unpaired) electrons. The van der Waals surface area contributed by atoms with Gasteiger partial charge >= 0.3 is 0 Å². The first-order chi connectivity index (χ1) is 14.7. The summed E-state index contributed by atoms with van der Waals surface area (Å²) in [7, 11) is -2.32. The predicted molar refractivity (Wildman–Crippen MR) is 112 cm³/mol. The molecule has 1 N–H and O–H groups in total. The van der Waals surface area contributed by atoms with Crippen molar-refractivity contribution in [3.05, 3.63) is 60.7 Å². The fraction of sp³-hybridized carbons (Fsp3) is 0.273. The number of sulfonamides is 1. The van der Waals surface area contributed by atoms with Gasteiger partial charge in [0.1, 0.15) is 5.75 Å². The molecular formula is C22H20N2O6S. The third-order valence-electron chi connectivity index (χ3n) is 6.08. The third kappa shape index (κ3) is 2.95. The summed E-state index contributed by atoms with van der Waals surface area (Å²) in [6.45, 7) is 1.81. The minimum Gasteiger partial charge on any atom is -0.497 e. The summed E-state index contributed by atoms with van der Waals surface area (Å²) in [6.07, 6.45) is 3.27. The number of benzene rings is 2. The normalized spacial score (nSPS) is 28.8. The molecule has 2 fully saturated rings. The van der Waals surface area contributed by atoms with Crippen LogP contribution in [-0.4, -0.2) is 39.0 Å². The van der Waals surface area contributed by atoms with Gasteiger partial charge in [0, 0.05) is 5.69 Å². The molecule has 0 spiro atoms. The van der Waals surface area contributed by atoms with Crippen LogP contribution in [0.4, 0.5) is 11.4 Å². The van der Waals surface area contributed by atoms with Gasteiger partial charge in [0.25, 0.3) is 10.0 Å². The van der Waals surface area contributed by atoms with Gasteiger partial charge in [0.15, 0.2) is 0 Å². The van der Waals surface area contributed by atoms with Crippen molar-refractivity contribution in [1.29, 1.82) is 0 Å². The van der Waals surface area contributed by atoms with Crippen molar-refractivity contribution in [3.8, 4) is 5.75 Å². The van der Waals surface area contributed by atoms with E-state index in [-0.39, 0.29) is 16.7 Å². The largest absolute Gasteiger partial charge is 0.497 e. The SMILES string of the molecule is COc1ccc(NS(=O)(=O)c2ccc(N3C(=O)C4C(C3=O)[C@@]3(C)C=C[C@H]4O3)cc2)cc1. The van der Waals surface area contributed by atoms with Crippen LogP contribution in [0, 0.1) is 11.8 Å². The van der Waals surface area contributed by atoms with Crippen LogP contribution in [0.25, 0.3) is 0 Å². The van der Waals surface area contributed by atoms with E-state index in [1.54, 1.807) is 24.3 Å². The van der Waals surface area contributed by atoms with Crippen LogP contribution < -0.4 is 14.4 Å². The molecule has 0 aliphatic carbocycles. The minimum absolute atomic E-state index is 0.0170. The van der Waals surface area contributed by atoms with E-state index in [1.807, 2.05) is 19.1 Å². The number of nitrogens with one attached hydrogen (secondary N) is 1. The summed E-state index contributed by atoms with van der Waals surface area (Å²) < 4.78 is 38.8. The number of amides is 2. The molecule has 2 aromatic rings. The quantitative estimate of drug-likeness (QED) is 0.566. The molecular weight excluding hydrogens is 420 g/mol. The molecule has 3 aliphatic heterocycles. The Morgan fingerprint density at radius 3 is 2.32 bits per heavy atom. The molecule has 0 saturated carbocycles. The summed E-state index contributed by atoms with van der Waals surface area (Å²) in [5.74, 6) is -1.13. The number of hydrogen-bond acceptors (Lipinski definition) is 6. The van der Waals surface area contributed by atoms with Gasteiger partial charge in [-0.15, -0.1) is 0 Å². The molecule has 160 valence electrons. The van der Waals surface area contributed by atoms with E-state index in [0.29, 0.717) is 17.1 Å². The molecule has 2 amide bonds. The van der Waals surface area contributed by atoms with E-state index >= 15 is 0 Å². The lowest BCUT2D eigenvalue weighted by Gasteiger charge is -2.24. The van der Waals surface area contributed by atoms with Crippen LogP contribution in [0.2, 0.25) is 0 Å².